The molecule has 0 aliphatic carbocycles. The Balaban J connectivity index is 2.29. The maximum absolute atomic E-state index is 12.3. The van der Waals surface area contributed by atoms with Gasteiger partial charge in [0.25, 0.3) is 0 Å². The average molecular weight is 311 g/mol. The van der Waals surface area contributed by atoms with E-state index < -0.39 is 10.8 Å². The lowest BCUT2D eigenvalue weighted by molar-refractivity contribution is 0.682. The number of benzene rings is 1. The average Bonchev–Trinajstić information content (AvgIpc) is 2.38. The zero-order valence-corrected chi connectivity index (χ0v) is 12.0. The van der Waals surface area contributed by atoms with Gasteiger partial charge in [-0.05, 0) is 29.8 Å². The van der Waals surface area contributed by atoms with Crippen molar-refractivity contribution in [2.24, 2.45) is 0 Å². The van der Waals surface area contributed by atoms with Crippen LogP contribution in [0.25, 0.3) is 0 Å². The minimum absolute atomic E-state index is 0.237. The molecule has 0 amide bonds. The van der Waals surface area contributed by atoms with E-state index >= 15 is 0 Å². The molecule has 0 bridgehead atoms. The second-order valence-electron chi connectivity index (χ2n) is 3.70. The first-order chi connectivity index (χ1) is 9.11. The van der Waals surface area contributed by atoms with Crippen LogP contribution in [-0.4, -0.2) is 9.19 Å². The van der Waals surface area contributed by atoms with Crippen LogP contribution in [0, 0.1) is 11.3 Å². The molecule has 1 aromatic heterocycles. The first-order valence-electron chi connectivity index (χ1n) is 5.29. The molecule has 96 valence electrons. The highest BCUT2D eigenvalue weighted by Gasteiger charge is 2.13. The molecular formula is C13H8Cl2N2OS. The van der Waals surface area contributed by atoms with Gasteiger partial charge in [0.2, 0.25) is 0 Å². The summed E-state index contributed by atoms with van der Waals surface area (Å²) in [6.45, 7) is 0. The molecule has 0 saturated carbocycles. The number of aromatic nitrogens is 1. The van der Waals surface area contributed by atoms with Crippen LogP contribution in [0.1, 0.15) is 11.3 Å². The van der Waals surface area contributed by atoms with Crippen molar-refractivity contribution in [2.45, 2.75) is 10.6 Å². The SMILES string of the molecule is N#Cc1cc(CS(=O)c2c(Cl)cccc2Cl)ccn1. The highest BCUT2D eigenvalue weighted by molar-refractivity contribution is 7.84. The molecule has 3 nitrogen and oxygen atoms in total. The number of nitrogens with zero attached hydrogens (tertiary/aromatic N) is 2. The zero-order valence-electron chi connectivity index (χ0n) is 9.64. The van der Waals surface area contributed by atoms with Gasteiger partial charge < -0.3 is 0 Å². The van der Waals surface area contributed by atoms with Crippen LogP contribution in [-0.2, 0) is 16.6 Å². The van der Waals surface area contributed by atoms with E-state index in [-0.39, 0.29) is 5.75 Å². The van der Waals surface area contributed by atoms with E-state index in [0.29, 0.717) is 20.6 Å². The summed E-state index contributed by atoms with van der Waals surface area (Å²) in [5.41, 5.74) is 1.04. The van der Waals surface area contributed by atoms with Gasteiger partial charge in [0, 0.05) is 6.20 Å². The molecule has 0 N–H and O–H groups in total. The minimum atomic E-state index is -1.37. The van der Waals surface area contributed by atoms with Gasteiger partial charge in [0.15, 0.2) is 0 Å². The molecule has 6 heteroatoms. The molecule has 1 unspecified atom stereocenters. The fourth-order valence-electron chi connectivity index (χ4n) is 1.55. The lowest BCUT2D eigenvalue weighted by Crippen LogP contribution is -1.99. The number of pyridine rings is 1. The van der Waals surface area contributed by atoms with Crippen LogP contribution in [0.4, 0.5) is 0 Å². The highest BCUT2D eigenvalue weighted by atomic mass is 35.5. The van der Waals surface area contributed by atoms with Crippen molar-refractivity contribution in [3.63, 3.8) is 0 Å². The van der Waals surface area contributed by atoms with Crippen molar-refractivity contribution in [3.05, 3.63) is 57.8 Å². The largest absolute Gasteiger partial charge is 0.254 e. The van der Waals surface area contributed by atoms with E-state index in [1.807, 2.05) is 6.07 Å². The number of rotatable bonds is 3. The van der Waals surface area contributed by atoms with Crippen molar-refractivity contribution >= 4 is 34.0 Å². The van der Waals surface area contributed by atoms with E-state index in [9.17, 15) is 4.21 Å². The Hall–Kier alpha value is -1.41. The van der Waals surface area contributed by atoms with Gasteiger partial charge in [-0.25, -0.2) is 4.98 Å². The third-order valence-corrected chi connectivity index (χ3v) is 4.73. The van der Waals surface area contributed by atoms with Gasteiger partial charge in [-0.15, -0.1) is 0 Å². The molecule has 0 saturated heterocycles. The molecule has 2 aromatic rings. The Labute approximate surface area is 123 Å². The monoisotopic (exact) mass is 310 g/mol. The molecule has 0 aliphatic rings. The minimum Gasteiger partial charge on any atom is -0.254 e. The number of halogens is 2. The number of hydrogen-bond acceptors (Lipinski definition) is 3. The third kappa shape index (κ3) is 3.32. The molecular weight excluding hydrogens is 303 g/mol. The number of hydrogen-bond donors (Lipinski definition) is 0. The summed E-state index contributed by atoms with van der Waals surface area (Å²) in [5, 5.41) is 9.52. The van der Waals surface area contributed by atoms with E-state index in [1.165, 1.54) is 6.20 Å². The molecule has 0 spiro atoms. The van der Waals surface area contributed by atoms with E-state index in [2.05, 4.69) is 4.98 Å². The summed E-state index contributed by atoms with van der Waals surface area (Å²) < 4.78 is 12.3. The third-order valence-electron chi connectivity index (χ3n) is 2.38. The van der Waals surface area contributed by atoms with Crippen molar-refractivity contribution in [1.29, 1.82) is 5.26 Å². The summed E-state index contributed by atoms with van der Waals surface area (Å²) in [6, 6.07) is 10.2. The molecule has 0 aliphatic heterocycles. The normalized spacial score (nSPS) is 11.8. The maximum atomic E-state index is 12.3. The van der Waals surface area contributed by atoms with Crippen LogP contribution in [0.3, 0.4) is 0 Å². The molecule has 19 heavy (non-hydrogen) atoms. The van der Waals surface area contributed by atoms with Crippen molar-refractivity contribution in [1.82, 2.24) is 4.98 Å². The van der Waals surface area contributed by atoms with E-state index in [4.69, 9.17) is 28.5 Å². The van der Waals surface area contributed by atoms with Gasteiger partial charge in [-0.1, -0.05) is 29.3 Å². The van der Waals surface area contributed by atoms with Crippen LogP contribution >= 0.6 is 23.2 Å². The Bertz CT molecular complexity index is 662. The van der Waals surface area contributed by atoms with Gasteiger partial charge in [-0.2, -0.15) is 5.26 Å². The Morgan fingerprint density at radius 1 is 1.26 bits per heavy atom. The van der Waals surface area contributed by atoms with Gasteiger partial charge in [-0.3, -0.25) is 4.21 Å². The summed E-state index contributed by atoms with van der Waals surface area (Å²) in [5.74, 6) is 0.237. The van der Waals surface area contributed by atoms with Crippen LogP contribution in [0.15, 0.2) is 41.4 Å². The Morgan fingerprint density at radius 2 is 1.95 bits per heavy atom. The fraction of sp³-hybridized carbons (Fsp3) is 0.0769. The molecule has 1 atom stereocenters. The lowest BCUT2D eigenvalue weighted by Gasteiger charge is -2.07. The van der Waals surface area contributed by atoms with E-state index in [0.717, 1.165) is 5.56 Å². The second kappa shape index (κ2) is 6.16. The van der Waals surface area contributed by atoms with Crippen LogP contribution in [0.2, 0.25) is 10.0 Å². The molecule has 2 rings (SSSR count). The topological polar surface area (TPSA) is 53.8 Å². The van der Waals surface area contributed by atoms with Gasteiger partial charge in [0.05, 0.1) is 31.5 Å². The van der Waals surface area contributed by atoms with Crippen LogP contribution in [0.5, 0.6) is 0 Å². The van der Waals surface area contributed by atoms with Gasteiger partial charge >= 0.3 is 0 Å². The summed E-state index contributed by atoms with van der Waals surface area (Å²) in [4.78, 5) is 4.28. The maximum Gasteiger partial charge on any atom is 0.140 e. The van der Waals surface area contributed by atoms with Gasteiger partial charge in [0.1, 0.15) is 11.8 Å². The predicted octanol–water partition coefficient (Wildman–Crippen LogP) is 3.57. The standard InChI is InChI=1S/C13H8Cl2N2OS/c14-11-2-1-3-12(15)13(11)19(18)8-9-4-5-17-10(6-9)7-16/h1-6H,8H2. The Morgan fingerprint density at radius 3 is 2.58 bits per heavy atom. The quantitative estimate of drug-likeness (QED) is 0.871. The molecule has 1 aromatic carbocycles. The second-order valence-corrected chi connectivity index (χ2v) is 5.90. The summed E-state index contributed by atoms with van der Waals surface area (Å²) >= 11 is 12.0. The molecule has 1 heterocycles. The van der Waals surface area contributed by atoms with Crippen molar-refractivity contribution in [2.75, 3.05) is 0 Å². The predicted molar refractivity (Wildman–Crippen MR) is 75.5 cm³/mol. The van der Waals surface area contributed by atoms with Crippen molar-refractivity contribution in [3.8, 4) is 6.07 Å². The Kier molecular flexibility index (Phi) is 4.54. The summed E-state index contributed by atoms with van der Waals surface area (Å²) in [6.07, 6.45) is 1.51. The smallest absolute Gasteiger partial charge is 0.140 e. The van der Waals surface area contributed by atoms with Crippen molar-refractivity contribution < 1.29 is 4.21 Å². The zero-order chi connectivity index (χ0) is 13.8. The molecule has 0 radical (unpaired) electrons. The first-order valence-corrected chi connectivity index (χ1v) is 7.36. The summed E-state index contributed by atoms with van der Waals surface area (Å²) in [7, 11) is -1.37. The first kappa shape index (κ1) is 14.0. The molecule has 0 fully saturated rings. The fourth-order valence-corrected chi connectivity index (χ4v) is 3.66. The number of nitriles is 1. The lowest BCUT2D eigenvalue weighted by atomic mass is 10.2. The highest BCUT2D eigenvalue weighted by Crippen LogP contribution is 2.29. The van der Waals surface area contributed by atoms with E-state index in [1.54, 1.807) is 30.3 Å². The van der Waals surface area contributed by atoms with Crippen LogP contribution < -0.4 is 0 Å².